The molecule has 4 heteroatoms. The first kappa shape index (κ1) is 12.1. The van der Waals surface area contributed by atoms with Crippen LogP contribution in [0.2, 0.25) is 0 Å². The van der Waals surface area contributed by atoms with Crippen molar-refractivity contribution >= 4 is 27.2 Å². The lowest BCUT2D eigenvalue weighted by Gasteiger charge is -2.04. The van der Waals surface area contributed by atoms with Crippen LogP contribution < -0.4 is 5.32 Å². The Labute approximate surface area is 116 Å². The van der Waals surface area contributed by atoms with Crippen molar-refractivity contribution in [2.75, 3.05) is 11.9 Å². The summed E-state index contributed by atoms with van der Waals surface area (Å²) in [5.41, 5.74) is 2.19. The second-order valence-corrected chi connectivity index (χ2v) is 5.46. The molecule has 1 aromatic carbocycles. The zero-order chi connectivity index (χ0) is 12.9. The lowest BCUT2D eigenvalue weighted by molar-refractivity contribution is 0.857. The molecule has 0 saturated carbocycles. The molecule has 0 saturated heterocycles. The maximum atomic E-state index is 4.59. The van der Waals surface area contributed by atoms with Crippen LogP contribution in [0, 0.1) is 0 Å². The zero-order valence-corrected chi connectivity index (χ0v) is 11.4. The van der Waals surface area contributed by atoms with Crippen molar-refractivity contribution in [3.8, 4) is 0 Å². The first-order valence-corrected chi connectivity index (χ1v) is 7.22. The Hall–Kier alpha value is -1.94. The molecule has 2 aromatic heterocycles. The van der Waals surface area contributed by atoms with Gasteiger partial charge < -0.3 is 5.32 Å². The molecule has 0 unspecified atom stereocenters. The summed E-state index contributed by atoms with van der Waals surface area (Å²) < 4.78 is 1.22. The zero-order valence-electron chi connectivity index (χ0n) is 10.5. The lowest BCUT2D eigenvalue weighted by Crippen LogP contribution is -2.02. The molecule has 0 bridgehead atoms. The van der Waals surface area contributed by atoms with Crippen LogP contribution in [0.25, 0.3) is 10.2 Å². The van der Waals surface area contributed by atoms with Crippen molar-refractivity contribution in [3.05, 3.63) is 53.8 Å². The highest BCUT2D eigenvalue weighted by Gasteiger charge is 2.02. The molecule has 0 atom stereocenters. The molecule has 0 amide bonds. The topological polar surface area (TPSA) is 37.8 Å². The predicted molar refractivity (Wildman–Crippen MR) is 80.7 cm³/mol. The molecule has 3 aromatic rings. The molecule has 96 valence electrons. The van der Waals surface area contributed by atoms with Gasteiger partial charge in [-0.25, -0.2) is 4.98 Å². The van der Waals surface area contributed by atoms with E-state index in [2.05, 4.69) is 27.4 Å². The molecule has 0 fully saturated rings. The molecular formula is C15H15N3S. The Morgan fingerprint density at radius 1 is 1.11 bits per heavy atom. The van der Waals surface area contributed by atoms with Gasteiger partial charge in [-0.15, -0.1) is 11.3 Å². The third kappa shape index (κ3) is 3.09. The number of anilines is 1. The summed E-state index contributed by atoms with van der Waals surface area (Å²) in [6.45, 7) is 0.970. The van der Waals surface area contributed by atoms with Gasteiger partial charge in [0.1, 0.15) is 0 Å². The summed E-state index contributed by atoms with van der Waals surface area (Å²) in [6.07, 6.45) is 5.75. The minimum absolute atomic E-state index is 0.970. The quantitative estimate of drug-likeness (QED) is 0.717. The number of hydrogen-bond acceptors (Lipinski definition) is 4. The highest BCUT2D eigenvalue weighted by Crippen LogP contribution is 2.21. The Kier molecular flexibility index (Phi) is 3.70. The van der Waals surface area contributed by atoms with Gasteiger partial charge in [0.05, 0.1) is 21.4 Å². The number of fused-ring (bicyclic) bond motifs is 1. The van der Waals surface area contributed by atoms with E-state index in [1.54, 1.807) is 11.3 Å². The smallest absolute Gasteiger partial charge is 0.0998 e. The Bertz CT molecular complexity index is 616. The SMILES string of the molecule is c1ccc(NCCCc2nc3cnccc3s2)cc1. The molecule has 3 nitrogen and oxygen atoms in total. The summed E-state index contributed by atoms with van der Waals surface area (Å²) in [7, 11) is 0. The van der Waals surface area contributed by atoms with Crippen molar-refractivity contribution in [3.63, 3.8) is 0 Å². The third-order valence-corrected chi connectivity index (χ3v) is 4.00. The number of nitrogens with one attached hydrogen (secondary N) is 1. The van der Waals surface area contributed by atoms with Gasteiger partial charge >= 0.3 is 0 Å². The van der Waals surface area contributed by atoms with Crippen molar-refractivity contribution < 1.29 is 0 Å². The summed E-state index contributed by atoms with van der Waals surface area (Å²) in [5.74, 6) is 0. The number of thiazole rings is 1. The van der Waals surface area contributed by atoms with Gasteiger partial charge in [-0.3, -0.25) is 4.98 Å². The Morgan fingerprint density at radius 2 is 2.00 bits per heavy atom. The Balaban J connectivity index is 1.52. The minimum atomic E-state index is 0.970. The number of rotatable bonds is 5. The fraction of sp³-hybridized carbons (Fsp3) is 0.200. The Morgan fingerprint density at radius 3 is 2.84 bits per heavy atom. The van der Waals surface area contributed by atoms with Crippen LogP contribution in [0.4, 0.5) is 5.69 Å². The van der Waals surface area contributed by atoms with E-state index in [1.165, 1.54) is 15.4 Å². The first-order chi connectivity index (χ1) is 9.42. The number of nitrogens with zero attached hydrogens (tertiary/aromatic N) is 2. The van der Waals surface area contributed by atoms with Gasteiger partial charge in [0.25, 0.3) is 0 Å². The van der Waals surface area contributed by atoms with E-state index in [1.807, 2.05) is 36.7 Å². The van der Waals surface area contributed by atoms with Crippen LogP contribution in [0.3, 0.4) is 0 Å². The van der Waals surface area contributed by atoms with Gasteiger partial charge in [0.2, 0.25) is 0 Å². The summed E-state index contributed by atoms with van der Waals surface area (Å²) in [5, 5.41) is 4.61. The van der Waals surface area contributed by atoms with E-state index < -0.39 is 0 Å². The normalized spacial score (nSPS) is 10.7. The highest BCUT2D eigenvalue weighted by atomic mass is 32.1. The number of benzene rings is 1. The largest absolute Gasteiger partial charge is 0.385 e. The monoisotopic (exact) mass is 269 g/mol. The maximum Gasteiger partial charge on any atom is 0.0998 e. The highest BCUT2D eigenvalue weighted by molar-refractivity contribution is 7.18. The molecule has 0 aliphatic carbocycles. The average molecular weight is 269 g/mol. The molecule has 1 N–H and O–H groups in total. The van der Waals surface area contributed by atoms with Crippen molar-refractivity contribution in [1.29, 1.82) is 0 Å². The minimum Gasteiger partial charge on any atom is -0.385 e. The van der Waals surface area contributed by atoms with Gasteiger partial charge in [-0.2, -0.15) is 0 Å². The van der Waals surface area contributed by atoms with Crippen LogP contribution >= 0.6 is 11.3 Å². The molecule has 0 aliphatic heterocycles. The van der Waals surface area contributed by atoms with Gasteiger partial charge in [-0.1, -0.05) is 18.2 Å². The molecule has 0 spiro atoms. The number of aromatic nitrogens is 2. The second-order valence-electron chi connectivity index (χ2n) is 4.35. The summed E-state index contributed by atoms with van der Waals surface area (Å²) in [6, 6.07) is 12.3. The molecule has 19 heavy (non-hydrogen) atoms. The summed E-state index contributed by atoms with van der Waals surface area (Å²) >= 11 is 1.76. The molecule has 0 radical (unpaired) electrons. The standard InChI is InChI=1S/C15H15N3S/c1-2-5-12(6-3-1)17-9-4-7-15-18-13-11-16-10-8-14(13)19-15/h1-3,5-6,8,10-11,17H,4,7,9H2. The number of para-hydroxylation sites is 1. The maximum absolute atomic E-state index is 4.59. The van der Waals surface area contributed by atoms with E-state index in [0.717, 1.165) is 24.9 Å². The van der Waals surface area contributed by atoms with Crippen LogP contribution in [-0.2, 0) is 6.42 Å². The molecule has 3 rings (SSSR count). The van der Waals surface area contributed by atoms with Crippen LogP contribution in [0.5, 0.6) is 0 Å². The third-order valence-electron chi connectivity index (χ3n) is 2.90. The van der Waals surface area contributed by atoms with Crippen molar-refractivity contribution in [2.24, 2.45) is 0 Å². The van der Waals surface area contributed by atoms with E-state index in [0.29, 0.717) is 0 Å². The fourth-order valence-electron chi connectivity index (χ4n) is 1.96. The molecular weight excluding hydrogens is 254 g/mol. The first-order valence-electron chi connectivity index (χ1n) is 6.40. The van der Waals surface area contributed by atoms with Gasteiger partial charge in [0, 0.05) is 24.8 Å². The molecule has 2 heterocycles. The van der Waals surface area contributed by atoms with E-state index >= 15 is 0 Å². The van der Waals surface area contributed by atoms with Gasteiger partial charge in [0.15, 0.2) is 0 Å². The number of pyridine rings is 1. The van der Waals surface area contributed by atoms with E-state index in [-0.39, 0.29) is 0 Å². The van der Waals surface area contributed by atoms with Crippen molar-refractivity contribution in [2.45, 2.75) is 12.8 Å². The molecule has 0 aliphatic rings. The van der Waals surface area contributed by atoms with E-state index in [4.69, 9.17) is 0 Å². The van der Waals surface area contributed by atoms with Gasteiger partial charge in [-0.05, 0) is 24.6 Å². The lowest BCUT2D eigenvalue weighted by atomic mass is 10.3. The van der Waals surface area contributed by atoms with Crippen LogP contribution in [0.1, 0.15) is 11.4 Å². The number of aryl methyl sites for hydroxylation is 1. The second kappa shape index (κ2) is 5.80. The summed E-state index contributed by atoms with van der Waals surface area (Å²) in [4.78, 5) is 8.68. The fourth-order valence-corrected chi connectivity index (χ4v) is 2.94. The predicted octanol–water partition coefficient (Wildman–Crippen LogP) is 3.74. The average Bonchev–Trinajstić information content (AvgIpc) is 2.87. The van der Waals surface area contributed by atoms with Crippen LogP contribution in [-0.4, -0.2) is 16.5 Å². The van der Waals surface area contributed by atoms with Crippen LogP contribution in [0.15, 0.2) is 48.8 Å². The van der Waals surface area contributed by atoms with Crippen molar-refractivity contribution in [1.82, 2.24) is 9.97 Å². The van der Waals surface area contributed by atoms with E-state index in [9.17, 15) is 0 Å². The number of hydrogen-bond donors (Lipinski definition) is 1.